The Bertz CT molecular complexity index is 881. The van der Waals surface area contributed by atoms with Crippen molar-refractivity contribution in [2.45, 2.75) is 32.4 Å². The molecule has 0 aliphatic carbocycles. The van der Waals surface area contributed by atoms with Crippen LogP contribution in [0.4, 0.5) is 21.6 Å². The molecular formula is C18H24FN3O3S. The van der Waals surface area contributed by atoms with Crippen molar-refractivity contribution in [2.75, 3.05) is 17.1 Å². The maximum absolute atomic E-state index is 14.4. The summed E-state index contributed by atoms with van der Waals surface area (Å²) < 4.78 is 36.1. The van der Waals surface area contributed by atoms with E-state index in [2.05, 4.69) is 10.0 Å². The normalized spacial score (nSPS) is 12.1. The monoisotopic (exact) mass is 381 g/mol. The summed E-state index contributed by atoms with van der Waals surface area (Å²) in [5.74, 6) is 0.0669. The van der Waals surface area contributed by atoms with E-state index in [1.807, 2.05) is 13.0 Å². The molecule has 1 atom stereocenters. The zero-order valence-electron chi connectivity index (χ0n) is 15.6. The summed E-state index contributed by atoms with van der Waals surface area (Å²) in [7, 11) is 1.56. The number of hydrogen-bond donors (Lipinski definition) is 2. The summed E-state index contributed by atoms with van der Waals surface area (Å²) in [5.41, 5.74) is 1.08. The van der Waals surface area contributed by atoms with Crippen molar-refractivity contribution >= 4 is 28.2 Å². The second kappa shape index (κ2) is 8.35. The van der Waals surface area contributed by atoms with Gasteiger partial charge >= 0.3 is 0 Å². The number of nitrogens with one attached hydrogen (secondary N) is 2. The molecule has 1 aromatic carbocycles. The van der Waals surface area contributed by atoms with E-state index < -0.39 is 16.8 Å². The Labute approximate surface area is 155 Å². The molecule has 0 aliphatic heterocycles. The van der Waals surface area contributed by atoms with Gasteiger partial charge in [-0.05, 0) is 38.0 Å². The summed E-state index contributed by atoms with van der Waals surface area (Å²) in [5, 5.41) is 2.77. The van der Waals surface area contributed by atoms with Crippen LogP contribution in [0.5, 0.6) is 5.75 Å². The number of halogens is 1. The average Bonchev–Trinajstić information content (AvgIpc) is 2.61. The number of ether oxygens (including phenoxy) is 1. The topological polar surface area (TPSA) is 72.4 Å². The van der Waals surface area contributed by atoms with Crippen LogP contribution in [-0.2, 0) is 24.5 Å². The fraction of sp³-hybridized carbons (Fsp3) is 0.389. The molecule has 142 valence electrons. The van der Waals surface area contributed by atoms with Gasteiger partial charge in [-0.25, -0.2) is 8.60 Å². The molecule has 0 bridgehead atoms. The largest absolute Gasteiger partial charge is 0.494 e. The lowest BCUT2D eigenvalue weighted by Gasteiger charge is -2.20. The quantitative estimate of drug-likeness (QED) is 0.772. The van der Waals surface area contributed by atoms with E-state index in [1.54, 1.807) is 27.0 Å². The third kappa shape index (κ3) is 4.24. The Morgan fingerprint density at radius 3 is 2.54 bits per heavy atom. The molecule has 0 saturated heterocycles. The van der Waals surface area contributed by atoms with Crippen LogP contribution in [0.2, 0.25) is 0 Å². The van der Waals surface area contributed by atoms with Crippen LogP contribution >= 0.6 is 0 Å². The predicted molar refractivity (Wildman–Crippen MR) is 104 cm³/mol. The minimum atomic E-state index is -1.41. The van der Waals surface area contributed by atoms with Gasteiger partial charge in [0, 0.05) is 18.4 Å². The lowest BCUT2D eigenvalue weighted by molar-refractivity contribution is 0.415. The van der Waals surface area contributed by atoms with Gasteiger partial charge in [-0.15, -0.1) is 0 Å². The van der Waals surface area contributed by atoms with Crippen molar-refractivity contribution in [3.05, 3.63) is 46.0 Å². The maximum atomic E-state index is 14.4. The van der Waals surface area contributed by atoms with Crippen LogP contribution in [0.15, 0.2) is 29.1 Å². The number of nitrogens with zero attached hydrogens (tertiary/aromatic N) is 1. The van der Waals surface area contributed by atoms with Gasteiger partial charge in [0.25, 0.3) is 5.56 Å². The van der Waals surface area contributed by atoms with Crippen molar-refractivity contribution < 1.29 is 13.3 Å². The summed E-state index contributed by atoms with van der Waals surface area (Å²) >= 11 is 0. The van der Waals surface area contributed by atoms with Crippen LogP contribution in [0.3, 0.4) is 0 Å². The zero-order valence-corrected chi connectivity index (χ0v) is 16.4. The molecule has 0 saturated carbocycles. The van der Waals surface area contributed by atoms with Gasteiger partial charge < -0.3 is 10.1 Å². The van der Waals surface area contributed by atoms with Gasteiger partial charge in [-0.1, -0.05) is 13.0 Å². The molecule has 0 amide bonds. The summed E-state index contributed by atoms with van der Waals surface area (Å²) in [4.78, 5) is 12.2. The first kappa shape index (κ1) is 20.0. The van der Waals surface area contributed by atoms with Gasteiger partial charge in [0.05, 0.1) is 12.8 Å². The molecule has 1 heterocycles. The number of pyridine rings is 1. The fourth-order valence-electron chi connectivity index (χ4n) is 2.31. The van der Waals surface area contributed by atoms with E-state index in [9.17, 15) is 13.4 Å². The van der Waals surface area contributed by atoms with E-state index in [1.165, 1.54) is 23.8 Å². The molecule has 2 N–H and O–H groups in total. The van der Waals surface area contributed by atoms with Gasteiger partial charge in [0.15, 0.2) is 5.75 Å². The Hall–Kier alpha value is -2.35. The van der Waals surface area contributed by atoms with Crippen molar-refractivity contribution in [1.29, 1.82) is 0 Å². The SMILES string of the molecule is CCc1ccc(Nc2c(NS(=O)C(C)C)c(OC)cc(=O)n2C)c(F)c1. The smallest absolute Gasteiger partial charge is 0.255 e. The molecule has 0 radical (unpaired) electrons. The summed E-state index contributed by atoms with van der Waals surface area (Å²) in [6, 6.07) is 6.16. The van der Waals surface area contributed by atoms with Crippen LogP contribution in [0.25, 0.3) is 0 Å². The molecule has 6 nitrogen and oxygen atoms in total. The Morgan fingerprint density at radius 1 is 1.31 bits per heavy atom. The first-order valence-corrected chi connectivity index (χ1v) is 9.50. The zero-order chi connectivity index (χ0) is 19.4. The fourth-order valence-corrected chi connectivity index (χ4v) is 2.94. The van der Waals surface area contributed by atoms with Crippen molar-refractivity contribution in [3.63, 3.8) is 0 Å². The van der Waals surface area contributed by atoms with Crippen molar-refractivity contribution in [3.8, 4) is 5.75 Å². The Balaban J connectivity index is 2.57. The van der Waals surface area contributed by atoms with Crippen LogP contribution in [0, 0.1) is 5.82 Å². The molecule has 0 fully saturated rings. The molecule has 8 heteroatoms. The Morgan fingerprint density at radius 2 is 2.00 bits per heavy atom. The van der Waals surface area contributed by atoms with Crippen molar-refractivity contribution in [2.24, 2.45) is 7.05 Å². The van der Waals surface area contributed by atoms with Gasteiger partial charge in [0.2, 0.25) is 0 Å². The lowest BCUT2D eigenvalue weighted by Crippen LogP contribution is -2.23. The number of anilines is 3. The highest BCUT2D eigenvalue weighted by atomic mass is 32.2. The Kier molecular flexibility index (Phi) is 6.42. The number of rotatable bonds is 7. The molecule has 0 spiro atoms. The second-order valence-electron chi connectivity index (χ2n) is 6.07. The minimum absolute atomic E-state index is 0.162. The molecule has 1 aromatic heterocycles. The standard InChI is InChI=1S/C18H24FN3O3S/c1-6-12-7-8-14(13(19)9-12)20-18-17(21-26(24)11(2)3)15(25-5)10-16(23)22(18)4/h7-11,20-21H,6H2,1-5H3. The number of methoxy groups -OCH3 is 1. The first-order chi connectivity index (χ1) is 12.3. The van der Waals surface area contributed by atoms with Crippen LogP contribution in [-0.4, -0.2) is 21.1 Å². The van der Waals surface area contributed by atoms with Crippen LogP contribution in [0.1, 0.15) is 26.3 Å². The highest BCUT2D eigenvalue weighted by molar-refractivity contribution is 7.86. The van der Waals surface area contributed by atoms with E-state index in [0.717, 1.165) is 12.0 Å². The van der Waals surface area contributed by atoms with E-state index in [4.69, 9.17) is 4.74 Å². The van der Waals surface area contributed by atoms with E-state index >= 15 is 0 Å². The van der Waals surface area contributed by atoms with E-state index in [-0.39, 0.29) is 28.1 Å². The third-order valence-electron chi connectivity index (χ3n) is 3.95. The average molecular weight is 381 g/mol. The molecule has 26 heavy (non-hydrogen) atoms. The maximum Gasteiger partial charge on any atom is 0.255 e. The summed E-state index contributed by atoms with van der Waals surface area (Å²) in [6.07, 6.45) is 0.717. The molecule has 2 rings (SSSR count). The highest BCUT2D eigenvalue weighted by Crippen LogP contribution is 2.34. The molecule has 2 aromatic rings. The van der Waals surface area contributed by atoms with Crippen LogP contribution < -0.4 is 20.3 Å². The number of aryl methyl sites for hydroxylation is 1. The molecular weight excluding hydrogens is 357 g/mol. The number of benzene rings is 1. The minimum Gasteiger partial charge on any atom is -0.494 e. The number of aromatic nitrogens is 1. The van der Waals surface area contributed by atoms with Gasteiger partial charge in [-0.3, -0.25) is 14.1 Å². The van der Waals surface area contributed by atoms with E-state index in [0.29, 0.717) is 5.69 Å². The number of hydrogen-bond acceptors (Lipinski definition) is 4. The lowest BCUT2D eigenvalue weighted by atomic mass is 10.1. The molecule has 1 unspecified atom stereocenters. The summed E-state index contributed by atoms with van der Waals surface area (Å²) in [6.45, 7) is 5.54. The van der Waals surface area contributed by atoms with Gasteiger partial charge in [-0.2, -0.15) is 0 Å². The highest BCUT2D eigenvalue weighted by Gasteiger charge is 2.19. The first-order valence-electron chi connectivity index (χ1n) is 8.29. The molecule has 0 aliphatic rings. The predicted octanol–water partition coefficient (Wildman–Crippen LogP) is 3.32. The van der Waals surface area contributed by atoms with Gasteiger partial charge in [0.1, 0.15) is 28.3 Å². The third-order valence-corrected chi connectivity index (χ3v) is 5.21. The second-order valence-corrected chi connectivity index (χ2v) is 7.82. The van der Waals surface area contributed by atoms with Crippen molar-refractivity contribution in [1.82, 2.24) is 4.57 Å².